The van der Waals surface area contributed by atoms with E-state index in [1.54, 1.807) is 0 Å². The Morgan fingerprint density at radius 3 is 1.69 bits per heavy atom. The molecule has 0 rings (SSSR count). The van der Waals surface area contributed by atoms with Gasteiger partial charge < -0.3 is 26.5 Å². The van der Waals surface area contributed by atoms with Gasteiger partial charge in [-0.2, -0.15) is 0 Å². The Labute approximate surface area is 113 Å². The van der Waals surface area contributed by atoms with Gasteiger partial charge in [-0.05, 0) is 0 Å². The molecule has 1 amide bonds. The number of carboxylic acid groups (broad SMARTS) is 2. The maximum absolute atomic E-state index is 9.99. The Morgan fingerprint density at radius 1 is 1.31 bits per heavy atom. The van der Waals surface area contributed by atoms with Crippen LogP contribution >= 0.6 is 0 Å². The minimum atomic E-state index is -1.63. The third-order valence-corrected chi connectivity index (χ3v) is 1.03. The Kier molecular flexibility index (Phi) is 13.5. The van der Waals surface area contributed by atoms with E-state index < -0.39 is 29.7 Å². The van der Waals surface area contributed by atoms with Gasteiger partial charge >= 0.3 is 35.5 Å². The molecule has 0 aliphatic rings. The van der Waals surface area contributed by atoms with E-state index in [2.05, 4.69) is 5.73 Å². The van der Waals surface area contributed by atoms with E-state index in [4.69, 9.17) is 10.8 Å². The fourth-order valence-electron chi connectivity index (χ4n) is 0.304. The van der Waals surface area contributed by atoms with Gasteiger partial charge in [-0.1, -0.05) is 0 Å². The van der Waals surface area contributed by atoms with Gasteiger partial charge in [0.25, 0.3) is 0 Å². The van der Waals surface area contributed by atoms with Gasteiger partial charge in [0.15, 0.2) is 5.78 Å². The van der Waals surface area contributed by atoms with E-state index in [-0.39, 0.29) is 36.0 Å². The van der Waals surface area contributed by atoms with Crippen LogP contribution in [0.5, 0.6) is 0 Å². The number of primary amides is 1. The molecule has 0 aromatic heterocycles. The largest absolute Gasteiger partial charge is 1.00 e. The van der Waals surface area contributed by atoms with Crippen LogP contribution in [0.25, 0.3) is 0 Å². The van der Waals surface area contributed by atoms with Crippen molar-refractivity contribution < 1.29 is 58.9 Å². The number of carbonyl (C=O) groups excluding carboxylic acids is 3. The first-order chi connectivity index (χ1) is 6.68. The summed E-state index contributed by atoms with van der Waals surface area (Å²) in [6, 6.07) is -1.16. The van der Waals surface area contributed by atoms with Crippen molar-refractivity contribution in [1.82, 2.24) is 0 Å². The normalized spacial score (nSPS) is 9.88. The van der Waals surface area contributed by atoms with E-state index in [1.165, 1.54) is 0 Å². The summed E-state index contributed by atoms with van der Waals surface area (Å²) in [7, 11) is 0. The topological polar surface area (TPSA) is 164 Å². The number of hydrogen-bond acceptors (Lipinski definition) is 6. The zero-order chi connectivity index (χ0) is 12.6. The first-order valence-electron chi connectivity index (χ1n) is 3.67. The Balaban J connectivity index is -0.000000214. The van der Waals surface area contributed by atoms with Gasteiger partial charge in [0.2, 0.25) is 5.91 Å². The van der Waals surface area contributed by atoms with Crippen molar-refractivity contribution in [2.24, 2.45) is 11.5 Å². The van der Waals surface area contributed by atoms with Crippen LogP contribution in [-0.4, -0.2) is 34.8 Å². The van der Waals surface area contributed by atoms with Gasteiger partial charge in [0, 0.05) is 6.92 Å². The molecule has 0 spiro atoms. The molecule has 0 aliphatic heterocycles. The summed E-state index contributed by atoms with van der Waals surface area (Å²) >= 11 is 0. The Bertz CT molecular complexity index is 268. The van der Waals surface area contributed by atoms with Crippen LogP contribution in [-0.2, 0) is 19.2 Å². The summed E-state index contributed by atoms with van der Waals surface area (Å²) in [6.07, 6.45) is -0.310. The Hall–Kier alpha value is -0.960. The van der Waals surface area contributed by atoms with E-state index in [0.717, 1.165) is 6.92 Å². The molecule has 86 valence electrons. The van der Waals surface area contributed by atoms with E-state index >= 15 is 0 Å². The molecule has 0 heterocycles. The summed E-state index contributed by atoms with van der Waals surface area (Å²) in [6.45, 7) is 0.940. The molecule has 0 unspecified atom stereocenters. The third kappa shape index (κ3) is 15.5. The van der Waals surface area contributed by atoms with Crippen molar-refractivity contribution in [2.75, 3.05) is 0 Å². The Morgan fingerprint density at radius 2 is 1.62 bits per heavy atom. The number of ketones is 1. The molecule has 0 aromatic carbocycles. The average Bonchev–Trinajstić information content (AvgIpc) is 2.03. The molecule has 8 nitrogen and oxygen atoms in total. The minimum Gasteiger partial charge on any atom is -0.542 e. The SMILES string of the molecule is CC(=O)C(=O)[O-].NC(=O)C[C@H](N)C(=O)O.[Na+]. The molecule has 9 heteroatoms. The van der Waals surface area contributed by atoms with Gasteiger partial charge in [-0.3, -0.25) is 14.4 Å². The first kappa shape index (κ1) is 20.5. The molecule has 5 N–H and O–H groups in total. The maximum Gasteiger partial charge on any atom is 1.00 e. The van der Waals surface area contributed by atoms with Crippen LogP contribution in [0.4, 0.5) is 0 Å². The van der Waals surface area contributed by atoms with Crippen molar-refractivity contribution in [1.29, 1.82) is 0 Å². The van der Waals surface area contributed by atoms with E-state index in [9.17, 15) is 24.3 Å². The number of nitrogens with two attached hydrogens (primary N) is 2. The van der Waals surface area contributed by atoms with Gasteiger partial charge in [-0.25, -0.2) is 0 Å². The molecule has 0 radical (unpaired) electrons. The minimum absolute atomic E-state index is 0. The third-order valence-electron chi connectivity index (χ3n) is 1.03. The molecule has 0 aliphatic carbocycles. The summed E-state index contributed by atoms with van der Waals surface area (Å²) in [4.78, 5) is 38.6. The number of carbonyl (C=O) groups is 4. The van der Waals surface area contributed by atoms with Crippen LogP contribution in [0, 0.1) is 0 Å². The predicted octanol–water partition coefficient (Wildman–Crippen LogP) is -6.40. The van der Waals surface area contributed by atoms with Crippen LogP contribution in [0.3, 0.4) is 0 Å². The molecular weight excluding hydrogens is 231 g/mol. The standard InChI is InChI=1S/C4H8N2O3.C3H4O3.Na/c5-2(4(8)9)1-3(6)7;1-2(4)3(5)6;/h2H,1,5H2,(H2,6,7)(H,8,9);1H3,(H,5,6);/q;;+1/p-1/t2-;;/m0../s1. The fourth-order valence-corrected chi connectivity index (χ4v) is 0.304. The molecule has 0 aromatic rings. The van der Waals surface area contributed by atoms with Crippen molar-refractivity contribution in [3.8, 4) is 0 Å². The molecule has 0 bridgehead atoms. The summed E-state index contributed by atoms with van der Waals surface area (Å²) in [5.74, 6) is -4.48. The van der Waals surface area contributed by atoms with Gasteiger partial charge in [0.1, 0.15) is 12.0 Å². The summed E-state index contributed by atoms with van der Waals surface area (Å²) < 4.78 is 0. The van der Waals surface area contributed by atoms with Crippen LogP contribution < -0.4 is 46.1 Å². The number of rotatable bonds is 4. The fraction of sp³-hybridized carbons (Fsp3) is 0.429. The van der Waals surface area contributed by atoms with E-state index in [1.807, 2.05) is 0 Å². The predicted molar refractivity (Wildman–Crippen MR) is 45.1 cm³/mol. The number of Topliss-reactive ketones (excluding diaryl/α,β-unsaturated/α-hetero) is 1. The maximum atomic E-state index is 9.99. The second-order valence-corrected chi connectivity index (χ2v) is 2.46. The molecular formula is C7H11N2NaO6. The van der Waals surface area contributed by atoms with Crippen LogP contribution in [0.2, 0.25) is 0 Å². The monoisotopic (exact) mass is 242 g/mol. The van der Waals surface area contributed by atoms with E-state index in [0.29, 0.717) is 0 Å². The van der Waals surface area contributed by atoms with Crippen molar-refractivity contribution >= 4 is 23.6 Å². The zero-order valence-corrected chi connectivity index (χ0v) is 10.9. The average molecular weight is 242 g/mol. The molecule has 16 heavy (non-hydrogen) atoms. The molecule has 0 fully saturated rings. The van der Waals surface area contributed by atoms with Crippen LogP contribution in [0.15, 0.2) is 0 Å². The number of hydrogen-bond donors (Lipinski definition) is 3. The van der Waals surface area contributed by atoms with Crippen LogP contribution in [0.1, 0.15) is 13.3 Å². The number of carboxylic acids is 2. The molecule has 0 saturated heterocycles. The molecule has 1 atom stereocenters. The van der Waals surface area contributed by atoms with Gasteiger partial charge in [-0.15, -0.1) is 0 Å². The summed E-state index contributed by atoms with van der Waals surface area (Å²) in [5.41, 5.74) is 9.57. The van der Waals surface area contributed by atoms with Crippen molar-refractivity contribution in [3.05, 3.63) is 0 Å². The second kappa shape index (κ2) is 10.6. The first-order valence-corrected chi connectivity index (χ1v) is 3.67. The zero-order valence-electron chi connectivity index (χ0n) is 8.93. The smallest absolute Gasteiger partial charge is 0.542 e. The number of amides is 1. The van der Waals surface area contributed by atoms with Gasteiger partial charge in [0.05, 0.1) is 6.42 Å². The molecule has 0 saturated carbocycles. The summed E-state index contributed by atoms with van der Waals surface area (Å²) in [5, 5.41) is 17.3. The number of aliphatic carboxylic acids is 2. The van der Waals surface area contributed by atoms with Crippen molar-refractivity contribution in [2.45, 2.75) is 19.4 Å². The van der Waals surface area contributed by atoms with Crippen molar-refractivity contribution in [3.63, 3.8) is 0 Å². The quantitative estimate of drug-likeness (QED) is 0.326. The second-order valence-electron chi connectivity index (χ2n) is 2.46.